The minimum absolute atomic E-state index is 0.0470. The molecule has 5 atom stereocenters. The zero-order valence-electron chi connectivity index (χ0n) is 65.8. The van der Waals surface area contributed by atoms with Crippen LogP contribution in [0.25, 0.3) is 10.8 Å². The molecule has 5 aliphatic rings. The van der Waals surface area contributed by atoms with Gasteiger partial charge in [-0.25, -0.2) is 30.0 Å². The van der Waals surface area contributed by atoms with Crippen LogP contribution in [0.4, 0.5) is 26.3 Å². The maximum Gasteiger partial charge on any atom is 0.370 e. The lowest BCUT2D eigenvalue weighted by molar-refractivity contribution is -0.194. The van der Waals surface area contributed by atoms with Crippen LogP contribution in [-0.4, -0.2) is 103 Å². The van der Waals surface area contributed by atoms with Gasteiger partial charge in [0, 0.05) is 5.39 Å². The molecule has 5 fully saturated rings. The Balaban J connectivity index is 0.000000158. The van der Waals surface area contributed by atoms with Crippen molar-refractivity contribution in [1.82, 2.24) is 0 Å². The molecule has 30 heteroatoms. The number of carbonyl (C=O) groups excluding carboxylic acids is 3. The van der Waals surface area contributed by atoms with Gasteiger partial charge in [-0.15, -0.1) is 0 Å². The lowest BCUT2D eigenvalue weighted by Crippen LogP contribution is -2.58. The molecule has 0 saturated heterocycles. The molecule has 0 radical (unpaired) electrons. The average molecular weight is 1780 g/mol. The smallest absolute Gasteiger partial charge is 0.370 e. The van der Waals surface area contributed by atoms with Gasteiger partial charge in [-0.1, -0.05) is 133 Å². The van der Waals surface area contributed by atoms with Gasteiger partial charge in [0.1, 0.15) is 29.1 Å². The summed E-state index contributed by atoms with van der Waals surface area (Å²) in [4.78, 5) is 48.8. The Morgan fingerprint density at radius 1 is 0.377 bits per heavy atom. The number of halogens is 6. The van der Waals surface area contributed by atoms with Crippen LogP contribution in [0.3, 0.4) is 0 Å². The Hall–Kier alpha value is -10.2. The summed E-state index contributed by atoms with van der Waals surface area (Å²) in [5.74, 6) is -0.919. The van der Waals surface area contributed by atoms with E-state index in [4.69, 9.17) is 23.7 Å². The van der Waals surface area contributed by atoms with Gasteiger partial charge >= 0.3 is 33.7 Å². The molecule has 11 aromatic carbocycles. The van der Waals surface area contributed by atoms with Crippen LogP contribution in [-0.2, 0) is 86.8 Å². The molecular formula is C92H84F6O18S6. The maximum absolute atomic E-state index is 14.0. The molecule has 5 unspecified atom stereocenters. The Labute approximate surface area is 712 Å². The molecule has 0 spiro atoms. The van der Waals surface area contributed by atoms with Crippen molar-refractivity contribution in [2.75, 3.05) is 0 Å². The molecule has 0 heterocycles. The zero-order valence-corrected chi connectivity index (χ0v) is 70.7. The van der Waals surface area contributed by atoms with Crippen LogP contribution in [0, 0.1) is 29.1 Å². The first-order chi connectivity index (χ1) is 58.1. The maximum atomic E-state index is 14.0. The van der Waals surface area contributed by atoms with E-state index in [1.54, 1.807) is 24.3 Å². The van der Waals surface area contributed by atoms with E-state index in [0.29, 0.717) is 86.8 Å². The van der Waals surface area contributed by atoms with Crippen molar-refractivity contribution in [2.45, 2.75) is 169 Å². The third-order valence-electron chi connectivity index (χ3n) is 21.9. The fourth-order valence-electron chi connectivity index (χ4n) is 16.0. The van der Waals surface area contributed by atoms with Crippen LogP contribution in [0.5, 0.6) is 23.0 Å². The molecule has 0 N–H and O–H groups in total. The van der Waals surface area contributed by atoms with Crippen molar-refractivity contribution in [3.05, 3.63) is 297 Å². The van der Waals surface area contributed by atoms with Gasteiger partial charge in [0.2, 0.25) is 0 Å². The summed E-state index contributed by atoms with van der Waals surface area (Å²) in [6.45, 7) is 2.11. The van der Waals surface area contributed by atoms with Crippen molar-refractivity contribution in [3.63, 3.8) is 0 Å². The summed E-state index contributed by atoms with van der Waals surface area (Å²) in [6.07, 6.45) is -2.67. The highest BCUT2D eigenvalue weighted by Gasteiger charge is 2.61. The Morgan fingerprint density at radius 2 is 0.705 bits per heavy atom. The van der Waals surface area contributed by atoms with Gasteiger partial charge in [-0.2, -0.15) is 26.3 Å². The number of rotatable bonds is 27. The van der Waals surface area contributed by atoms with E-state index >= 15 is 0 Å². The fourth-order valence-corrected chi connectivity index (χ4v) is 23.6. The van der Waals surface area contributed by atoms with Crippen LogP contribution in [0.2, 0.25) is 0 Å². The van der Waals surface area contributed by atoms with E-state index < -0.39 is 93.7 Å². The van der Waals surface area contributed by atoms with Crippen LogP contribution < -0.4 is 14.2 Å². The number of ether oxygens (including phenoxy) is 6. The minimum atomic E-state index is -6.03. The summed E-state index contributed by atoms with van der Waals surface area (Å²) in [6, 6.07) is 95.0. The van der Waals surface area contributed by atoms with Crippen molar-refractivity contribution in [1.29, 1.82) is 0 Å². The first kappa shape index (κ1) is 89.6. The third kappa shape index (κ3) is 20.5. The molecule has 5 aliphatic carbocycles. The Kier molecular flexibility index (Phi) is 27.8. The molecule has 16 rings (SSSR count). The Morgan fingerprint density at radius 3 is 1.08 bits per heavy atom. The summed E-state index contributed by atoms with van der Waals surface area (Å²) in [5, 5.41) is -13.3. The van der Waals surface area contributed by atoms with Crippen LogP contribution >= 0.6 is 0 Å². The van der Waals surface area contributed by atoms with E-state index in [1.807, 2.05) is 170 Å². The number of esters is 3. The highest BCUT2D eigenvalue weighted by Crippen LogP contribution is 2.62. The first-order valence-electron chi connectivity index (χ1n) is 39.1. The molecule has 0 amide bonds. The molecule has 5 saturated carbocycles. The first-order valence-corrected chi connectivity index (χ1v) is 47.0. The summed E-state index contributed by atoms with van der Waals surface area (Å²) < 4.78 is 214. The van der Waals surface area contributed by atoms with Gasteiger partial charge < -0.3 is 42.1 Å². The highest BCUT2D eigenvalue weighted by atomic mass is 32.2. The molecule has 638 valence electrons. The summed E-state index contributed by atoms with van der Waals surface area (Å²) in [7, 11) is -18.8. The normalized spacial score (nSPS) is 19.8. The van der Waals surface area contributed by atoms with Crippen LogP contribution in [0.1, 0.15) is 88.9 Å². The molecule has 0 aliphatic heterocycles. The van der Waals surface area contributed by atoms with Crippen molar-refractivity contribution >= 4 is 91.7 Å². The van der Waals surface area contributed by atoms with Crippen LogP contribution in [0.15, 0.2) is 335 Å². The zero-order chi connectivity index (χ0) is 86.9. The Bertz CT molecular complexity index is 5650. The van der Waals surface area contributed by atoms with Gasteiger partial charge in [0.05, 0.1) is 55.7 Å². The fraction of sp³-hybridized carbons (Fsp3) is 0.272. The molecule has 4 bridgehead atoms. The second kappa shape index (κ2) is 37.9. The lowest BCUT2D eigenvalue weighted by atomic mass is 9.48. The van der Waals surface area contributed by atoms with Gasteiger partial charge in [-0.05, 0) is 259 Å². The largest absolute Gasteiger partial charge is 0.743 e. The van der Waals surface area contributed by atoms with Crippen molar-refractivity contribution < 1.29 is 108 Å². The van der Waals surface area contributed by atoms with Gasteiger partial charge in [0.25, 0.3) is 0 Å². The van der Waals surface area contributed by atoms with Crippen molar-refractivity contribution in [3.8, 4) is 23.0 Å². The molecule has 18 nitrogen and oxygen atoms in total. The average Bonchev–Trinajstić information content (AvgIpc) is 0.719. The van der Waals surface area contributed by atoms with Gasteiger partial charge in [-0.3, -0.25) is 9.59 Å². The van der Waals surface area contributed by atoms with E-state index in [-0.39, 0.29) is 68.2 Å². The second-order valence-electron chi connectivity index (χ2n) is 30.1. The topological polar surface area (TPSA) is 278 Å². The standard InChI is InChI=1S/C32H32F2O6S2.C32H24F2O6S2.C28H28F2O6S2/c1-21(32(33,34)42(36,37)38)39-30(35)31-18-22-16-23(19-31)29(24(17-22)20-31)40-25-12-14-28(15-13-25)41(26-8-4-2-5-9-26)27-10-6-3-7-11-27;1-22(32(33,34)42(36,37)38)39-31(35)29-16-8-15-28-27(29)14-9-17-30(28)40-23-18-20-26(21-19-23)41(24-10-4-2-5-11-24)25-12-6-3-7-13-25;1-20(28(29,30)38(32,33)34)35-27(31)21-12-14-22(15-13-21)36-23-16-18-26(19-17-23)37(24-8-4-2-5-9-24)25-10-6-3-7-11-25/h2-15,21-24,29H,16-20H2,1H3;2-22H,1H3;2-11,16-22H,12-15H2,1H3. The summed E-state index contributed by atoms with van der Waals surface area (Å²) in [5.41, 5.74) is -1.05. The summed E-state index contributed by atoms with van der Waals surface area (Å²) >= 11 is 0. The number of benzene rings is 11. The molecule has 11 aromatic rings. The van der Waals surface area contributed by atoms with E-state index in [2.05, 4.69) is 89.7 Å². The predicted molar refractivity (Wildman–Crippen MR) is 445 cm³/mol. The highest BCUT2D eigenvalue weighted by molar-refractivity contribution is 7.97. The van der Waals surface area contributed by atoms with E-state index in [9.17, 15) is 79.6 Å². The number of fused-ring (bicyclic) bond motifs is 1. The number of carbonyl (C=O) groups is 3. The van der Waals surface area contributed by atoms with Crippen molar-refractivity contribution in [2.24, 2.45) is 29.1 Å². The molecule has 0 aromatic heterocycles. The number of alkyl halides is 6. The quantitative estimate of drug-likeness (QED) is 0.0152. The third-order valence-corrected chi connectivity index (χ3v) is 31.6. The minimum Gasteiger partial charge on any atom is -0.743 e. The van der Waals surface area contributed by atoms with E-state index in [1.165, 1.54) is 41.5 Å². The second-order valence-corrected chi connectivity index (χ2v) is 40.6. The number of hydrogen-bond acceptors (Lipinski definition) is 18. The molecule has 122 heavy (non-hydrogen) atoms. The van der Waals surface area contributed by atoms with E-state index in [0.717, 1.165) is 40.2 Å². The lowest BCUT2D eigenvalue weighted by Gasteiger charge is -2.58. The molecular weight excluding hydrogens is 1700 g/mol. The predicted octanol–water partition coefficient (Wildman–Crippen LogP) is 19.6. The van der Waals surface area contributed by atoms with Gasteiger partial charge in [0.15, 0.2) is 92.7 Å². The SMILES string of the molecule is CC(OC(=O)C12CC3CC(C1)C(Oc1ccc([S+](c4ccccc4)c4ccccc4)cc1)C(C3)C2)C(F)(F)S(=O)(=O)[O-].CC(OC(=O)C1CCC(Oc2ccc([S+](c3ccccc3)c3ccccc3)cc2)CC1)C(F)(F)S(=O)(=O)[O-].CC(OC(=O)c1cccc2c(Oc3ccc([S+](c4ccccc4)c4ccccc4)cc3)cccc12)C(F)(F)S(=O)(=O)[O-]. The monoisotopic (exact) mass is 1780 g/mol. The number of hydrogen-bond donors (Lipinski definition) is 0.